The lowest BCUT2D eigenvalue weighted by atomic mass is 9.76. The molecule has 1 aromatic rings. The van der Waals surface area contributed by atoms with Gasteiger partial charge in [-0.1, -0.05) is 32.1 Å². The molecule has 0 aliphatic rings. The van der Waals surface area contributed by atoms with Crippen molar-refractivity contribution in [3.8, 4) is 5.75 Å². The summed E-state index contributed by atoms with van der Waals surface area (Å²) in [6.07, 6.45) is 2.78. The fourth-order valence-corrected chi connectivity index (χ4v) is 3.12. The summed E-state index contributed by atoms with van der Waals surface area (Å²) in [5.41, 5.74) is 0.0616. The summed E-state index contributed by atoms with van der Waals surface area (Å²) < 4.78 is 64.3. The van der Waals surface area contributed by atoms with Crippen molar-refractivity contribution in [1.29, 1.82) is 0 Å². The standard InChI is InChI=1S/C17H22F3NO4S/c1-4-7-13-10-12(11-16(5-2,6-3)15(21)22)8-9-14(13)25-26(23,24)17(18,19)20/h4,8-10H,1,5-7,11H2,2-3H3,(H2,21,22). The van der Waals surface area contributed by atoms with Gasteiger partial charge in [0.2, 0.25) is 5.91 Å². The number of primary amides is 1. The van der Waals surface area contributed by atoms with Crippen molar-refractivity contribution in [2.24, 2.45) is 11.1 Å². The summed E-state index contributed by atoms with van der Waals surface area (Å²) in [5, 5.41) is 0. The molecule has 0 spiro atoms. The van der Waals surface area contributed by atoms with Gasteiger partial charge in [-0.2, -0.15) is 21.6 Å². The topological polar surface area (TPSA) is 86.5 Å². The summed E-state index contributed by atoms with van der Waals surface area (Å²) in [4.78, 5) is 11.8. The molecule has 1 amide bonds. The van der Waals surface area contributed by atoms with Crippen LogP contribution in [-0.2, 0) is 27.8 Å². The highest BCUT2D eigenvalue weighted by Crippen LogP contribution is 2.34. The van der Waals surface area contributed by atoms with Crippen molar-refractivity contribution < 1.29 is 30.6 Å². The monoisotopic (exact) mass is 393 g/mol. The average Bonchev–Trinajstić information content (AvgIpc) is 2.53. The maximum atomic E-state index is 12.5. The van der Waals surface area contributed by atoms with Crippen molar-refractivity contribution in [3.05, 3.63) is 42.0 Å². The molecule has 0 atom stereocenters. The van der Waals surface area contributed by atoms with Crippen molar-refractivity contribution in [1.82, 2.24) is 0 Å². The lowest BCUT2D eigenvalue weighted by Crippen LogP contribution is -2.38. The van der Waals surface area contributed by atoms with Gasteiger partial charge in [-0.25, -0.2) is 0 Å². The minimum atomic E-state index is -5.77. The van der Waals surface area contributed by atoms with Crippen LogP contribution in [0.5, 0.6) is 5.75 Å². The van der Waals surface area contributed by atoms with Gasteiger partial charge in [0.25, 0.3) is 0 Å². The zero-order chi connectivity index (χ0) is 20.2. The Labute approximate surface area is 151 Å². The minimum Gasteiger partial charge on any atom is -0.376 e. The van der Waals surface area contributed by atoms with E-state index >= 15 is 0 Å². The maximum Gasteiger partial charge on any atom is 0.534 e. The normalized spacial score (nSPS) is 12.7. The highest BCUT2D eigenvalue weighted by molar-refractivity contribution is 7.88. The highest BCUT2D eigenvalue weighted by Gasteiger charge is 2.48. The average molecular weight is 393 g/mol. The van der Waals surface area contributed by atoms with E-state index in [2.05, 4.69) is 10.8 Å². The zero-order valence-corrected chi connectivity index (χ0v) is 15.4. The summed E-state index contributed by atoms with van der Waals surface area (Å²) in [6.45, 7) is 7.16. The Morgan fingerprint density at radius 1 is 1.27 bits per heavy atom. The van der Waals surface area contributed by atoms with Crippen LogP contribution < -0.4 is 9.92 Å². The third kappa shape index (κ3) is 4.78. The fourth-order valence-electron chi connectivity index (χ4n) is 2.63. The first-order valence-electron chi connectivity index (χ1n) is 7.95. The van der Waals surface area contributed by atoms with E-state index in [-0.39, 0.29) is 18.4 Å². The molecule has 0 aliphatic heterocycles. The molecule has 9 heteroatoms. The lowest BCUT2D eigenvalue weighted by molar-refractivity contribution is -0.128. The van der Waals surface area contributed by atoms with Crippen LogP contribution in [0.2, 0.25) is 0 Å². The number of hydrogen-bond donors (Lipinski definition) is 1. The Bertz CT molecular complexity index is 769. The largest absolute Gasteiger partial charge is 0.534 e. The highest BCUT2D eigenvalue weighted by atomic mass is 32.2. The first-order valence-corrected chi connectivity index (χ1v) is 9.36. The number of nitrogens with two attached hydrogens (primary N) is 1. The van der Waals surface area contributed by atoms with E-state index in [0.29, 0.717) is 18.4 Å². The van der Waals surface area contributed by atoms with Gasteiger partial charge in [0, 0.05) is 0 Å². The van der Waals surface area contributed by atoms with E-state index in [1.54, 1.807) is 0 Å². The maximum absolute atomic E-state index is 12.5. The van der Waals surface area contributed by atoms with E-state index in [1.165, 1.54) is 18.2 Å². The van der Waals surface area contributed by atoms with Crippen LogP contribution in [0.3, 0.4) is 0 Å². The van der Waals surface area contributed by atoms with Crippen LogP contribution in [0.15, 0.2) is 30.9 Å². The molecule has 0 radical (unpaired) electrons. The summed E-state index contributed by atoms with van der Waals surface area (Å²) in [7, 11) is -5.77. The molecule has 0 fully saturated rings. The first-order chi connectivity index (χ1) is 11.9. The minimum absolute atomic E-state index is 0.0956. The third-order valence-electron chi connectivity index (χ3n) is 4.39. The Balaban J connectivity index is 3.28. The van der Waals surface area contributed by atoms with Gasteiger partial charge in [-0.3, -0.25) is 4.79 Å². The van der Waals surface area contributed by atoms with Gasteiger partial charge in [0.1, 0.15) is 5.75 Å². The van der Waals surface area contributed by atoms with Crippen LogP contribution in [0.1, 0.15) is 37.8 Å². The lowest BCUT2D eigenvalue weighted by Gasteiger charge is -2.28. The molecular formula is C17H22F3NO4S. The molecule has 0 heterocycles. The van der Waals surface area contributed by atoms with Gasteiger partial charge in [0.05, 0.1) is 5.41 Å². The van der Waals surface area contributed by atoms with Crippen LogP contribution in [0.25, 0.3) is 0 Å². The van der Waals surface area contributed by atoms with E-state index in [9.17, 15) is 26.4 Å². The number of alkyl halides is 3. The van der Waals surface area contributed by atoms with Crippen molar-refractivity contribution in [2.45, 2.75) is 45.0 Å². The number of carbonyl (C=O) groups excluding carboxylic acids is 1. The van der Waals surface area contributed by atoms with Gasteiger partial charge >= 0.3 is 15.6 Å². The number of amides is 1. The Morgan fingerprint density at radius 2 is 1.85 bits per heavy atom. The molecule has 0 unspecified atom stereocenters. The van der Waals surface area contributed by atoms with Crippen molar-refractivity contribution in [2.75, 3.05) is 0 Å². The molecule has 0 saturated carbocycles. The summed E-state index contributed by atoms with van der Waals surface area (Å²) in [6, 6.07) is 4.08. The third-order valence-corrected chi connectivity index (χ3v) is 5.36. The van der Waals surface area contributed by atoms with Crippen molar-refractivity contribution in [3.63, 3.8) is 0 Å². The quantitative estimate of drug-likeness (QED) is 0.395. The van der Waals surface area contributed by atoms with Crippen LogP contribution in [0.4, 0.5) is 13.2 Å². The molecule has 0 saturated heterocycles. The zero-order valence-electron chi connectivity index (χ0n) is 14.6. The summed E-state index contributed by atoms with van der Waals surface area (Å²) >= 11 is 0. The number of benzene rings is 1. The predicted molar refractivity (Wildman–Crippen MR) is 91.9 cm³/mol. The number of hydrogen-bond acceptors (Lipinski definition) is 4. The molecule has 1 rings (SSSR count). The van der Waals surface area contributed by atoms with Crippen LogP contribution in [-0.4, -0.2) is 19.8 Å². The fraction of sp³-hybridized carbons (Fsp3) is 0.471. The van der Waals surface area contributed by atoms with E-state index in [4.69, 9.17) is 5.73 Å². The molecule has 2 N–H and O–H groups in total. The number of halogens is 3. The second-order valence-electron chi connectivity index (χ2n) is 5.95. The SMILES string of the molecule is C=CCc1cc(CC(CC)(CC)C(N)=O)ccc1OS(=O)(=O)C(F)(F)F. The first kappa shape index (κ1) is 22.0. The molecule has 146 valence electrons. The van der Waals surface area contributed by atoms with E-state index < -0.39 is 32.7 Å². The van der Waals surface area contributed by atoms with Gasteiger partial charge in [-0.15, -0.1) is 6.58 Å². The number of rotatable bonds is 9. The summed E-state index contributed by atoms with van der Waals surface area (Å²) in [5.74, 6) is -0.892. The Hall–Kier alpha value is -2.03. The number of carbonyl (C=O) groups is 1. The van der Waals surface area contributed by atoms with E-state index in [0.717, 1.165) is 6.07 Å². The molecule has 0 bridgehead atoms. The van der Waals surface area contributed by atoms with Gasteiger partial charge in [0.15, 0.2) is 0 Å². The molecule has 26 heavy (non-hydrogen) atoms. The number of allylic oxidation sites excluding steroid dienone is 1. The van der Waals surface area contributed by atoms with Gasteiger partial charge in [-0.05, 0) is 42.9 Å². The molecule has 0 aromatic heterocycles. The molecule has 5 nitrogen and oxygen atoms in total. The van der Waals surface area contributed by atoms with E-state index in [1.807, 2.05) is 13.8 Å². The van der Waals surface area contributed by atoms with Gasteiger partial charge < -0.3 is 9.92 Å². The predicted octanol–water partition coefficient (Wildman–Crippen LogP) is 3.48. The van der Waals surface area contributed by atoms with Crippen molar-refractivity contribution >= 4 is 16.0 Å². The second kappa shape index (κ2) is 8.11. The van der Waals surface area contributed by atoms with Crippen LogP contribution >= 0.6 is 0 Å². The van der Waals surface area contributed by atoms with Crippen LogP contribution in [0, 0.1) is 5.41 Å². The Morgan fingerprint density at radius 3 is 2.27 bits per heavy atom. The molecule has 0 aliphatic carbocycles. The Kier molecular flexibility index (Phi) is 6.87. The smallest absolute Gasteiger partial charge is 0.376 e. The molecule has 1 aromatic carbocycles. The molecular weight excluding hydrogens is 371 g/mol. The second-order valence-corrected chi connectivity index (χ2v) is 7.48.